The van der Waals surface area contributed by atoms with Gasteiger partial charge in [0.2, 0.25) is 0 Å². The number of fused-ring (bicyclic) bond motifs is 4. The summed E-state index contributed by atoms with van der Waals surface area (Å²) in [6.45, 7) is 8.31. The Kier molecular flexibility index (Phi) is 4.66. The summed E-state index contributed by atoms with van der Waals surface area (Å²) < 4.78 is 0. The van der Waals surface area contributed by atoms with E-state index in [9.17, 15) is 0 Å². The Balaban J connectivity index is 2.37. The summed E-state index contributed by atoms with van der Waals surface area (Å²) in [7, 11) is 0. The van der Waals surface area contributed by atoms with Crippen molar-refractivity contribution in [2.45, 2.75) is 27.7 Å². The fraction of sp³-hybridized carbons (Fsp3) is 0.167. The molecule has 3 rings (SSSR count). The molecular formula is C24H24. The van der Waals surface area contributed by atoms with E-state index in [2.05, 4.69) is 101 Å². The van der Waals surface area contributed by atoms with E-state index >= 15 is 0 Å². The van der Waals surface area contributed by atoms with Crippen LogP contribution < -0.4 is 0 Å². The monoisotopic (exact) mass is 312 g/mol. The molecule has 0 spiro atoms. The zero-order chi connectivity index (χ0) is 17.1. The van der Waals surface area contributed by atoms with Crippen molar-refractivity contribution >= 4 is 24.3 Å². The zero-order valence-electron chi connectivity index (χ0n) is 14.9. The Labute approximate surface area is 145 Å². The first-order valence-corrected chi connectivity index (χ1v) is 8.62. The van der Waals surface area contributed by atoms with E-state index in [1.54, 1.807) is 0 Å². The van der Waals surface area contributed by atoms with Gasteiger partial charge < -0.3 is 0 Å². The van der Waals surface area contributed by atoms with Crippen LogP contribution in [0.3, 0.4) is 0 Å². The normalized spacial score (nSPS) is 13.2. The minimum absolute atomic E-state index is 1.30. The third kappa shape index (κ3) is 2.49. The SMILES string of the molecule is C/C=C/c1ccc(/C=C/C)c2c1-c1c(/C=C/C)ccc(/C=C/C)c1-2. The molecule has 0 amide bonds. The lowest BCUT2D eigenvalue weighted by atomic mass is 9.71. The van der Waals surface area contributed by atoms with Crippen molar-refractivity contribution in [3.8, 4) is 22.3 Å². The lowest BCUT2D eigenvalue weighted by Gasteiger charge is -2.32. The number of hydrogen-bond donors (Lipinski definition) is 0. The summed E-state index contributed by atoms with van der Waals surface area (Å²) in [6.07, 6.45) is 17.3. The standard InChI is InChI=1S/C24H24/c1-5-9-17-13-14-18(10-6-2)22-21(17)23-19(11-7-3)15-16-20(12-8-4)24(22)23/h5-16H,1-4H3/b9-5+,10-6+,11-7+,12-8+. The molecule has 1 aliphatic carbocycles. The molecule has 120 valence electrons. The largest absolute Gasteiger partial charge is 0.0870 e. The Morgan fingerprint density at radius 1 is 0.417 bits per heavy atom. The first-order chi connectivity index (χ1) is 11.8. The number of benzene rings is 2. The summed E-state index contributed by atoms with van der Waals surface area (Å²) in [5.74, 6) is 0. The molecule has 24 heavy (non-hydrogen) atoms. The molecule has 2 aromatic carbocycles. The van der Waals surface area contributed by atoms with E-state index in [1.165, 1.54) is 44.5 Å². The number of allylic oxidation sites excluding steroid dienone is 4. The van der Waals surface area contributed by atoms with Gasteiger partial charge in [-0.2, -0.15) is 0 Å². The average Bonchev–Trinajstić information content (AvgIpc) is 2.55. The summed E-state index contributed by atoms with van der Waals surface area (Å²) in [5.41, 5.74) is 10.8. The third-order valence-corrected chi connectivity index (χ3v) is 4.42. The number of rotatable bonds is 4. The van der Waals surface area contributed by atoms with Gasteiger partial charge in [0.1, 0.15) is 0 Å². The molecule has 0 saturated heterocycles. The lowest BCUT2D eigenvalue weighted by molar-refractivity contribution is 1.45. The maximum Gasteiger partial charge on any atom is -0.00140 e. The van der Waals surface area contributed by atoms with E-state index in [0.717, 1.165) is 0 Å². The van der Waals surface area contributed by atoms with E-state index < -0.39 is 0 Å². The summed E-state index contributed by atoms with van der Waals surface area (Å²) in [4.78, 5) is 0. The maximum absolute atomic E-state index is 2.24. The molecule has 0 atom stereocenters. The van der Waals surface area contributed by atoms with Crippen molar-refractivity contribution in [2.24, 2.45) is 0 Å². The van der Waals surface area contributed by atoms with E-state index in [0.29, 0.717) is 0 Å². The first-order valence-electron chi connectivity index (χ1n) is 8.62. The summed E-state index contributed by atoms with van der Waals surface area (Å²) in [5, 5.41) is 0. The van der Waals surface area contributed by atoms with Gasteiger partial charge in [-0.15, -0.1) is 0 Å². The maximum atomic E-state index is 2.24. The van der Waals surface area contributed by atoms with Gasteiger partial charge >= 0.3 is 0 Å². The van der Waals surface area contributed by atoms with Gasteiger partial charge in [-0.1, -0.05) is 72.9 Å². The van der Waals surface area contributed by atoms with Gasteiger partial charge in [-0.05, 0) is 72.2 Å². The van der Waals surface area contributed by atoms with Crippen LogP contribution in [0.4, 0.5) is 0 Å². The highest BCUT2D eigenvalue weighted by molar-refractivity contribution is 6.13. The van der Waals surface area contributed by atoms with Gasteiger partial charge in [0.25, 0.3) is 0 Å². The van der Waals surface area contributed by atoms with Gasteiger partial charge in [-0.25, -0.2) is 0 Å². The highest BCUT2D eigenvalue weighted by Gasteiger charge is 2.30. The Bertz CT molecular complexity index is 723. The zero-order valence-corrected chi connectivity index (χ0v) is 14.9. The van der Waals surface area contributed by atoms with Gasteiger partial charge in [0, 0.05) is 0 Å². The van der Waals surface area contributed by atoms with Crippen LogP contribution in [-0.2, 0) is 0 Å². The first kappa shape index (κ1) is 16.3. The molecule has 0 heterocycles. The predicted molar refractivity (Wildman–Crippen MR) is 110 cm³/mol. The highest BCUT2D eigenvalue weighted by atomic mass is 14.3. The van der Waals surface area contributed by atoms with Crippen LogP contribution in [0.15, 0.2) is 48.6 Å². The fourth-order valence-corrected chi connectivity index (χ4v) is 3.56. The summed E-state index contributed by atoms with van der Waals surface area (Å²) in [6, 6.07) is 8.94. The van der Waals surface area contributed by atoms with E-state index in [1.807, 2.05) is 0 Å². The van der Waals surface area contributed by atoms with E-state index in [-0.39, 0.29) is 0 Å². The van der Waals surface area contributed by atoms with Gasteiger partial charge in [0.15, 0.2) is 0 Å². The van der Waals surface area contributed by atoms with Crippen LogP contribution in [0.1, 0.15) is 49.9 Å². The molecule has 0 heteroatoms. The molecular weight excluding hydrogens is 288 g/mol. The molecule has 0 aromatic heterocycles. The summed E-state index contributed by atoms with van der Waals surface area (Å²) >= 11 is 0. The molecule has 0 fully saturated rings. The number of hydrogen-bond acceptors (Lipinski definition) is 0. The molecule has 0 N–H and O–H groups in total. The molecule has 2 aromatic rings. The minimum Gasteiger partial charge on any atom is -0.0870 e. The Morgan fingerprint density at radius 3 is 0.792 bits per heavy atom. The average molecular weight is 312 g/mol. The second-order valence-corrected chi connectivity index (χ2v) is 5.99. The Morgan fingerprint density at radius 2 is 0.625 bits per heavy atom. The van der Waals surface area contributed by atoms with Crippen LogP contribution in [0, 0.1) is 0 Å². The molecule has 0 nitrogen and oxygen atoms in total. The van der Waals surface area contributed by atoms with Crippen molar-refractivity contribution < 1.29 is 0 Å². The fourth-order valence-electron chi connectivity index (χ4n) is 3.56. The van der Waals surface area contributed by atoms with Crippen LogP contribution in [0.5, 0.6) is 0 Å². The van der Waals surface area contributed by atoms with Gasteiger partial charge in [-0.3, -0.25) is 0 Å². The molecule has 0 aliphatic heterocycles. The van der Waals surface area contributed by atoms with Gasteiger partial charge in [0.05, 0.1) is 0 Å². The third-order valence-electron chi connectivity index (χ3n) is 4.42. The molecule has 1 aliphatic rings. The topological polar surface area (TPSA) is 0 Å². The van der Waals surface area contributed by atoms with E-state index in [4.69, 9.17) is 0 Å². The molecule has 0 bridgehead atoms. The van der Waals surface area contributed by atoms with Crippen molar-refractivity contribution in [1.29, 1.82) is 0 Å². The highest BCUT2D eigenvalue weighted by Crippen LogP contribution is 2.55. The molecule has 0 unspecified atom stereocenters. The lowest BCUT2D eigenvalue weighted by Crippen LogP contribution is -2.07. The predicted octanol–water partition coefficient (Wildman–Crippen LogP) is 7.47. The van der Waals surface area contributed by atoms with Crippen molar-refractivity contribution in [3.05, 3.63) is 70.8 Å². The van der Waals surface area contributed by atoms with Crippen molar-refractivity contribution in [2.75, 3.05) is 0 Å². The Hall–Kier alpha value is -2.60. The van der Waals surface area contributed by atoms with Crippen molar-refractivity contribution in [3.63, 3.8) is 0 Å². The second kappa shape index (κ2) is 6.88. The molecule has 0 radical (unpaired) electrons. The van der Waals surface area contributed by atoms with Crippen LogP contribution >= 0.6 is 0 Å². The van der Waals surface area contributed by atoms with Crippen LogP contribution in [0.2, 0.25) is 0 Å². The van der Waals surface area contributed by atoms with Crippen LogP contribution in [-0.4, -0.2) is 0 Å². The smallest absolute Gasteiger partial charge is 0.00140 e. The van der Waals surface area contributed by atoms with Crippen molar-refractivity contribution in [1.82, 2.24) is 0 Å². The molecule has 0 saturated carbocycles. The minimum atomic E-state index is 1.30. The van der Waals surface area contributed by atoms with Crippen LogP contribution in [0.25, 0.3) is 46.6 Å². The quantitative estimate of drug-likeness (QED) is 0.469. The second-order valence-electron chi connectivity index (χ2n) is 5.99.